The molecule has 2 aromatic carbocycles. The lowest BCUT2D eigenvalue weighted by Gasteiger charge is -2.44. The number of benzene rings is 2. The van der Waals surface area contributed by atoms with Crippen molar-refractivity contribution in [3.05, 3.63) is 59.2 Å². The zero-order valence-electron chi connectivity index (χ0n) is 14.4. The minimum atomic E-state index is -1.10. The zero-order chi connectivity index (χ0) is 17.4. The number of rotatable bonds is 2. The van der Waals surface area contributed by atoms with E-state index in [4.69, 9.17) is 4.74 Å². The predicted molar refractivity (Wildman–Crippen MR) is 93.6 cm³/mol. The Balaban J connectivity index is 1.87. The number of hydrogen-bond donors (Lipinski definition) is 0. The Kier molecular flexibility index (Phi) is 4.12. The summed E-state index contributed by atoms with van der Waals surface area (Å²) in [4.78, 5) is 13.7. The minimum absolute atomic E-state index is 0.00303. The number of fused-ring (bicyclic) bond motifs is 2. The van der Waals surface area contributed by atoms with Crippen molar-refractivity contribution in [2.45, 2.75) is 51.1 Å². The van der Waals surface area contributed by atoms with E-state index in [2.05, 4.69) is 0 Å². The molecule has 25 heavy (non-hydrogen) atoms. The second kappa shape index (κ2) is 6.43. The van der Waals surface area contributed by atoms with E-state index in [1.165, 1.54) is 6.42 Å². The van der Waals surface area contributed by atoms with Crippen LogP contribution in [0.4, 0.5) is 4.79 Å². The van der Waals surface area contributed by atoms with Crippen LogP contribution >= 0.6 is 0 Å². The summed E-state index contributed by atoms with van der Waals surface area (Å²) in [6.07, 6.45) is 4.02. The Morgan fingerprint density at radius 1 is 1.04 bits per heavy atom. The molecular formula is C21H22NO3-. The number of hydrogen-bond acceptors (Lipinski definition) is 3. The van der Waals surface area contributed by atoms with Gasteiger partial charge in [-0.15, -0.1) is 0 Å². The average Bonchev–Trinajstić information content (AvgIpc) is 2.63. The van der Waals surface area contributed by atoms with E-state index in [0.29, 0.717) is 0 Å². The number of amides is 1. The lowest BCUT2D eigenvalue weighted by molar-refractivity contribution is -0.271. The average molecular weight is 336 g/mol. The van der Waals surface area contributed by atoms with Crippen molar-refractivity contribution in [3.63, 3.8) is 0 Å². The van der Waals surface area contributed by atoms with Gasteiger partial charge in [0.15, 0.2) is 0 Å². The largest absolute Gasteiger partial charge is 0.530 e. The molecule has 4 nitrogen and oxygen atoms in total. The second-order valence-corrected chi connectivity index (χ2v) is 7.00. The van der Waals surface area contributed by atoms with Crippen molar-refractivity contribution in [3.8, 4) is 11.5 Å². The van der Waals surface area contributed by atoms with Gasteiger partial charge in [0.1, 0.15) is 17.6 Å². The van der Waals surface area contributed by atoms with Crippen LogP contribution in [0.1, 0.15) is 54.8 Å². The third kappa shape index (κ3) is 2.76. The van der Waals surface area contributed by atoms with Gasteiger partial charge in [-0.3, -0.25) is 0 Å². The number of carboxylic acid groups (broad SMARTS) is 1. The Morgan fingerprint density at radius 3 is 2.52 bits per heavy atom. The van der Waals surface area contributed by atoms with Crippen LogP contribution in [0.5, 0.6) is 11.5 Å². The van der Waals surface area contributed by atoms with Gasteiger partial charge in [-0.1, -0.05) is 55.7 Å². The summed E-state index contributed by atoms with van der Waals surface area (Å²) < 4.78 is 6.12. The molecule has 0 saturated heterocycles. The fourth-order valence-electron chi connectivity index (χ4n) is 4.23. The van der Waals surface area contributed by atoms with E-state index in [1.807, 2.05) is 49.4 Å². The summed E-state index contributed by atoms with van der Waals surface area (Å²) >= 11 is 0. The van der Waals surface area contributed by atoms with Gasteiger partial charge in [0.2, 0.25) is 0 Å². The molecule has 2 aromatic rings. The first-order chi connectivity index (χ1) is 12.2. The van der Waals surface area contributed by atoms with E-state index < -0.39 is 6.09 Å². The molecule has 0 aromatic heterocycles. The summed E-state index contributed by atoms with van der Waals surface area (Å²) in [5, 5.41) is 12.2. The van der Waals surface area contributed by atoms with Gasteiger partial charge in [0, 0.05) is 17.2 Å². The molecule has 0 N–H and O–H groups in total. The molecule has 0 bridgehead atoms. The molecule has 1 atom stereocenters. The molecule has 0 spiro atoms. The predicted octanol–water partition coefficient (Wildman–Crippen LogP) is 4.17. The molecule has 130 valence electrons. The van der Waals surface area contributed by atoms with E-state index in [0.717, 1.165) is 53.9 Å². The van der Waals surface area contributed by atoms with Crippen molar-refractivity contribution in [1.82, 2.24) is 4.90 Å². The molecule has 1 saturated carbocycles. The van der Waals surface area contributed by atoms with Gasteiger partial charge >= 0.3 is 0 Å². The first-order valence-corrected chi connectivity index (χ1v) is 9.02. The van der Waals surface area contributed by atoms with Crippen LogP contribution in [0.2, 0.25) is 0 Å². The number of carbonyl (C=O) groups excluding carboxylic acids is 1. The monoisotopic (exact) mass is 336 g/mol. The number of aryl methyl sites for hydroxylation is 1. The van der Waals surface area contributed by atoms with Gasteiger partial charge < -0.3 is 19.5 Å². The maximum atomic E-state index is 12.2. The molecule has 1 unspecified atom stereocenters. The van der Waals surface area contributed by atoms with Crippen molar-refractivity contribution >= 4 is 6.09 Å². The number of ether oxygens (including phenoxy) is 1. The molecule has 0 radical (unpaired) electrons. The second-order valence-electron chi connectivity index (χ2n) is 7.00. The van der Waals surface area contributed by atoms with Crippen LogP contribution in [0, 0.1) is 6.92 Å². The topological polar surface area (TPSA) is 52.6 Å². The number of carbonyl (C=O) groups is 1. The first kappa shape index (κ1) is 16.0. The first-order valence-electron chi connectivity index (χ1n) is 9.02. The summed E-state index contributed by atoms with van der Waals surface area (Å²) in [6, 6.07) is 13.3. The Hall–Kier alpha value is -2.49. The Morgan fingerprint density at radius 2 is 1.76 bits per heavy atom. The van der Waals surface area contributed by atoms with Crippen LogP contribution in [0.15, 0.2) is 42.5 Å². The summed E-state index contributed by atoms with van der Waals surface area (Å²) in [5.74, 6) is 1.50. The Labute approximate surface area is 148 Å². The van der Waals surface area contributed by atoms with Crippen LogP contribution in [-0.4, -0.2) is 17.0 Å². The quantitative estimate of drug-likeness (QED) is 0.827. The molecule has 4 heteroatoms. The molecule has 4 rings (SSSR count). The number of para-hydroxylation sites is 2. The maximum Gasteiger partial charge on any atom is 0.137 e. The lowest BCUT2D eigenvalue weighted by atomic mass is 9.87. The highest BCUT2D eigenvalue weighted by atomic mass is 16.5. The van der Waals surface area contributed by atoms with Crippen molar-refractivity contribution < 1.29 is 14.6 Å². The van der Waals surface area contributed by atoms with E-state index >= 15 is 0 Å². The molecule has 1 aliphatic heterocycles. The zero-order valence-corrected chi connectivity index (χ0v) is 14.4. The van der Waals surface area contributed by atoms with Crippen molar-refractivity contribution in [2.24, 2.45) is 0 Å². The molecule has 1 amide bonds. The number of nitrogens with zero attached hydrogens (tertiary/aromatic N) is 1. The third-order valence-corrected chi connectivity index (χ3v) is 5.42. The lowest BCUT2D eigenvalue weighted by Crippen LogP contribution is -2.50. The summed E-state index contributed by atoms with van der Waals surface area (Å²) in [7, 11) is 0. The van der Waals surface area contributed by atoms with Crippen LogP contribution < -0.4 is 9.84 Å². The third-order valence-electron chi connectivity index (χ3n) is 5.42. The smallest absolute Gasteiger partial charge is 0.137 e. The van der Waals surface area contributed by atoms with Gasteiger partial charge in [0.05, 0.1) is 6.04 Å². The maximum absolute atomic E-state index is 12.2. The highest BCUT2D eigenvalue weighted by Crippen LogP contribution is 2.48. The van der Waals surface area contributed by atoms with Crippen molar-refractivity contribution in [2.75, 3.05) is 0 Å². The normalized spacial score (nSPS) is 19.5. The Bertz CT molecular complexity index is 795. The highest BCUT2D eigenvalue weighted by molar-refractivity contribution is 5.67. The SMILES string of the molecule is Cc1cccc2c1Oc1ccccc1C2N(C(=O)[O-])C1CCCCC1. The van der Waals surface area contributed by atoms with E-state index in [-0.39, 0.29) is 12.1 Å². The van der Waals surface area contributed by atoms with Gasteiger partial charge in [0.25, 0.3) is 0 Å². The van der Waals surface area contributed by atoms with E-state index in [9.17, 15) is 9.90 Å². The fourth-order valence-corrected chi connectivity index (χ4v) is 4.23. The van der Waals surface area contributed by atoms with Crippen LogP contribution in [0.3, 0.4) is 0 Å². The van der Waals surface area contributed by atoms with Crippen LogP contribution in [-0.2, 0) is 0 Å². The van der Waals surface area contributed by atoms with Gasteiger partial charge in [-0.05, 0) is 31.4 Å². The van der Waals surface area contributed by atoms with E-state index in [1.54, 1.807) is 4.90 Å². The molecule has 1 aliphatic carbocycles. The summed E-state index contributed by atoms with van der Waals surface area (Å²) in [6.45, 7) is 1.99. The highest BCUT2D eigenvalue weighted by Gasteiger charge is 2.36. The van der Waals surface area contributed by atoms with Crippen molar-refractivity contribution in [1.29, 1.82) is 0 Å². The van der Waals surface area contributed by atoms with Gasteiger partial charge in [-0.25, -0.2) is 0 Å². The molecule has 1 fully saturated rings. The minimum Gasteiger partial charge on any atom is -0.530 e. The summed E-state index contributed by atoms with van der Waals surface area (Å²) in [5.41, 5.74) is 2.82. The molecular weight excluding hydrogens is 314 g/mol. The van der Waals surface area contributed by atoms with Gasteiger partial charge in [-0.2, -0.15) is 0 Å². The molecule has 2 aliphatic rings. The molecule has 1 heterocycles. The van der Waals surface area contributed by atoms with Crippen LogP contribution in [0.25, 0.3) is 0 Å². The fraction of sp³-hybridized carbons (Fsp3) is 0.381. The standard InChI is InChI=1S/C21H23NO3/c1-14-8-7-12-17-19(16-11-5-6-13-18(16)25-20(14)17)22(21(23)24)15-9-3-2-4-10-15/h5-8,11-13,15,19H,2-4,9-10H2,1H3,(H,23,24)/p-1.